The van der Waals surface area contributed by atoms with Crippen LogP contribution in [0.1, 0.15) is 37.3 Å². The monoisotopic (exact) mass is 291 g/mol. The molecule has 0 unspecified atom stereocenters. The Morgan fingerprint density at radius 2 is 1.86 bits per heavy atom. The SMILES string of the molecule is CCc1ccc(CCC(=O)NC2(CO)CCOCC2)cc1. The van der Waals surface area contributed by atoms with E-state index >= 15 is 0 Å². The first-order chi connectivity index (χ1) is 10.2. The van der Waals surface area contributed by atoms with Crippen molar-refractivity contribution in [3.8, 4) is 0 Å². The summed E-state index contributed by atoms with van der Waals surface area (Å²) in [6.07, 6.45) is 3.57. The molecule has 0 bridgehead atoms. The van der Waals surface area contributed by atoms with Crippen LogP contribution >= 0.6 is 0 Å². The fraction of sp³-hybridized carbons (Fsp3) is 0.588. The largest absolute Gasteiger partial charge is 0.394 e. The lowest BCUT2D eigenvalue weighted by atomic mass is 9.90. The highest BCUT2D eigenvalue weighted by molar-refractivity contribution is 5.77. The van der Waals surface area contributed by atoms with E-state index in [9.17, 15) is 9.90 Å². The summed E-state index contributed by atoms with van der Waals surface area (Å²) in [6.45, 7) is 3.30. The molecule has 0 aromatic heterocycles. The van der Waals surface area contributed by atoms with Gasteiger partial charge in [0.05, 0.1) is 12.1 Å². The number of carbonyl (C=O) groups is 1. The second kappa shape index (κ2) is 7.57. The highest BCUT2D eigenvalue weighted by atomic mass is 16.5. The molecule has 1 aliphatic rings. The molecule has 1 aromatic rings. The minimum Gasteiger partial charge on any atom is -0.394 e. The molecule has 1 aromatic carbocycles. The summed E-state index contributed by atoms with van der Waals surface area (Å²) in [5.41, 5.74) is 2.00. The van der Waals surface area contributed by atoms with Gasteiger partial charge in [0.1, 0.15) is 0 Å². The molecule has 0 radical (unpaired) electrons. The molecule has 0 aliphatic carbocycles. The number of hydrogen-bond donors (Lipinski definition) is 2. The van der Waals surface area contributed by atoms with E-state index in [4.69, 9.17) is 4.74 Å². The van der Waals surface area contributed by atoms with Gasteiger partial charge in [-0.1, -0.05) is 31.2 Å². The fourth-order valence-electron chi connectivity index (χ4n) is 2.64. The summed E-state index contributed by atoms with van der Waals surface area (Å²) in [7, 11) is 0. The zero-order valence-corrected chi connectivity index (χ0v) is 12.7. The highest BCUT2D eigenvalue weighted by Gasteiger charge is 2.33. The molecule has 116 valence electrons. The molecule has 4 heteroatoms. The Balaban J connectivity index is 1.83. The first-order valence-corrected chi connectivity index (χ1v) is 7.75. The number of ether oxygens (including phenoxy) is 1. The Bertz CT molecular complexity index is 450. The van der Waals surface area contributed by atoms with Crippen molar-refractivity contribution < 1.29 is 14.6 Å². The van der Waals surface area contributed by atoms with Crippen LogP contribution in [-0.2, 0) is 22.4 Å². The summed E-state index contributed by atoms with van der Waals surface area (Å²) in [4.78, 5) is 12.1. The number of benzene rings is 1. The number of hydrogen-bond acceptors (Lipinski definition) is 3. The number of rotatable bonds is 6. The Hall–Kier alpha value is -1.39. The maximum atomic E-state index is 12.1. The molecule has 1 amide bonds. The highest BCUT2D eigenvalue weighted by Crippen LogP contribution is 2.20. The second-order valence-electron chi connectivity index (χ2n) is 5.77. The smallest absolute Gasteiger partial charge is 0.220 e. The number of amides is 1. The molecule has 1 aliphatic heterocycles. The molecule has 0 saturated carbocycles. The van der Waals surface area contributed by atoms with Gasteiger partial charge < -0.3 is 15.2 Å². The van der Waals surface area contributed by atoms with Gasteiger partial charge in [0.2, 0.25) is 5.91 Å². The van der Waals surface area contributed by atoms with E-state index in [1.54, 1.807) is 0 Å². The summed E-state index contributed by atoms with van der Waals surface area (Å²) in [5.74, 6) is 0.00511. The van der Waals surface area contributed by atoms with Crippen LogP contribution in [0, 0.1) is 0 Å². The van der Waals surface area contributed by atoms with Crippen molar-refractivity contribution in [1.82, 2.24) is 5.32 Å². The molecule has 4 nitrogen and oxygen atoms in total. The van der Waals surface area contributed by atoms with Gasteiger partial charge in [-0.2, -0.15) is 0 Å². The van der Waals surface area contributed by atoms with E-state index in [-0.39, 0.29) is 12.5 Å². The summed E-state index contributed by atoms with van der Waals surface area (Å²) < 4.78 is 5.30. The molecular formula is C17H25NO3. The first kappa shape index (κ1) is 16.0. The van der Waals surface area contributed by atoms with Gasteiger partial charge in [-0.05, 0) is 36.8 Å². The normalized spacial score (nSPS) is 17.4. The Morgan fingerprint density at radius 1 is 1.24 bits per heavy atom. The van der Waals surface area contributed by atoms with Crippen LogP contribution < -0.4 is 5.32 Å². The van der Waals surface area contributed by atoms with E-state index in [1.807, 2.05) is 0 Å². The lowest BCUT2D eigenvalue weighted by Gasteiger charge is -2.36. The molecule has 0 spiro atoms. The van der Waals surface area contributed by atoms with Crippen LogP contribution in [0.5, 0.6) is 0 Å². The van der Waals surface area contributed by atoms with E-state index in [2.05, 4.69) is 36.5 Å². The average Bonchev–Trinajstić information content (AvgIpc) is 2.54. The van der Waals surface area contributed by atoms with E-state index < -0.39 is 5.54 Å². The van der Waals surface area contributed by atoms with Crippen molar-refractivity contribution >= 4 is 5.91 Å². The van der Waals surface area contributed by atoms with Crippen molar-refractivity contribution in [3.05, 3.63) is 35.4 Å². The summed E-state index contributed by atoms with van der Waals surface area (Å²) >= 11 is 0. The lowest BCUT2D eigenvalue weighted by molar-refractivity contribution is -0.125. The zero-order valence-electron chi connectivity index (χ0n) is 12.7. The molecular weight excluding hydrogens is 266 g/mol. The van der Waals surface area contributed by atoms with Crippen LogP contribution in [0.15, 0.2) is 24.3 Å². The van der Waals surface area contributed by atoms with Crippen LogP contribution in [0.2, 0.25) is 0 Å². The maximum Gasteiger partial charge on any atom is 0.220 e. The molecule has 2 rings (SSSR count). The Kier molecular flexibility index (Phi) is 5.76. The van der Waals surface area contributed by atoms with Crippen molar-refractivity contribution in [2.75, 3.05) is 19.8 Å². The third-order valence-electron chi connectivity index (χ3n) is 4.23. The van der Waals surface area contributed by atoms with E-state index in [0.29, 0.717) is 32.5 Å². The molecule has 1 fully saturated rings. The number of aryl methyl sites for hydroxylation is 2. The average molecular weight is 291 g/mol. The van der Waals surface area contributed by atoms with Crippen LogP contribution in [0.25, 0.3) is 0 Å². The fourth-order valence-corrected chi connectivity index (χ4v) is 2.64. The van der Waals surface area contributed by atoms with Gasteiger partial charge in [-0.3, -0.25) is 4.79 Å². The van der Waals surface area contributed by atoms with Gasteiger partial charge >= 0.3 is 0 Å². The third kappa shape index (κ3) is 4.55. The van der Waals surface area contributed by atoms with E-state index in [0.717, 1.165) is 12.8 Å². The number of aliphatic hydroxyl groups excluding tert-OH is 1. The lowest BCUT2D eigenvalue weighted by Crippen LogP contribution is -2.54. The van der Waals surface area contributed by atoms with Gasteiger partial charge in [0, 0.05) is 19.6 Å². The van der Waals surface area contributed by atoms with Gasteiger partial charge in [-0.15, -0.1) is 0 Å². The predicted octanol–water partition coefficient (Wildman–Crippen LogP) is 1.84. The first-order valence-electron chi connectivity index (χ1n) is 7.75. The third-order valence-corrected chi connectivity index (χ3v) is 4.23. The second-order valence-corrected chi connectivity index (χ2v) is 5.77. The van der Waals surface area contributed by atoms with Gasteiger partial charge in [0.15, 0.2) is 0 Å². The molecule has 2 N–H and O–H groups in total. The molecule has 1 heterocycles. The van der Waals surface area contributed by atoms with Crippen molar-refractivity contribution in [2.45, 2.75) is 44.6 Å². The van der Waals surface area contributed by atoms with Crippen LogP contribution in [-0.4, -0.2) is 36.4 Å². The van der Waals surface area contributed by atoms with Crippen LogP contribution in [0.4, 0.5) is 0 Å². The minimum atomic E-state index is -0.485. The Morgan fingerprint density at radius 3 is 2.43 bits per heavy atom. The number of carbonyl (C=O) groups excluding carboxylic acids is 1. The number of aliphatic hydroxyl groups is 1. The summed E-state index contributed by atoms with van der Waals surface area (Å²) in [6, 6.07) is 8.40. The van der Waals surface area contributed by atoms with Crippen molar-refractivity contribution in [1.29, 1.82) is 0 Å². The van der Waals surface area contributed by atoms with Crippen LogP contribution in [0.3, 0.4) is 0 Å². The topological polar surface area (TPSA) is 58.6 Å². The molecule has 0 atom stereocenters. The van der Waals surface area contributed by atoms with Crippen molar-refractivity contribution in [2.24, 2.45) is 0 Å². The maximum absolute atomic E-state index is 12.1. The zero-order chi connectivity index (χ0) is 15.1. The number of nitrogens with one attached hydrogen (secondary N) is 1. The van der Waals surface area contributed by atoms with Gasteiger partial charge in [0.25, 0.3) is 0 Å². The van der Waals surface area contributed by atoms with E-state index in [1.165, 1.54) is 11.1 Å². The summed E-state index contributed by atoms with van der Waals surface area (Å²) in [5, 5.41) is 12.6. The quantitative estimate of drug-likeness (QED) is 0.841. The Labute approximate surface area is 126 Å². The van der Waals surface area contributed by atoms with Crippen molar-refractivity contribution in [3.63, 3.8) is 0 Å². The standard InChI is InChI=1S/C17H25NO3/c1-2-14-3-5-15(6-4-14)7-8-16(20)18-17(13-19)9-11-21-12-10-17/h3-6,19H,2,7-13H2,1H3,(H,18,20). The predicted molar refractivity (Wildman–Crippen MR) is 82.2 cm³/mol. The molecule has 1 saturated heterocycles. The minimum absolute atomic E-state index is 0.00511. The van der Waals surface area contributed by atoms with Gasteiger partial charge in [-0.25, -0.2) is 0 Å². The molecule has 21 heavy (non-hydrogen) atoms.